The molecule has 3 rings (SSSR count). The quantitative estimate of drug-likeness (QED) is 0.758. The van der Waals surface area contributed by atoms with Crippen molar-refractivity contribution in [2.24, 2.45) is 0 Å². The summed E-state index contributed by atoms with van der Waals surface area (Å²) >= 11 is 0. The van der Waals surface area contributed by atoms with Gasteiger partial charge in [-0.3, -0.25) is 5.10 Å². The standard InChI is InChI=1S/C13H17N7/c1-13(2,3)10-6-9-12(14-4-5-20(9)19-10)15-7-11-16-8-17-18-11/h4-6,8H,7H2,1-3H3,(H,14,15)(H,16,17,18). The van der Waals surface area contributed by atoms with Crippen LogP contribution in [0.25, 0.3) is 5.52 Å². The number of hydrogen-bond donors (Lipinski definition) is 2. The van der Waals surface area contributed by atoms with Crippen molar-refractivity contribution in [2.75, 3.05) is 5.32 Å². The Morgan fingerprint density at radius 1 is 1.30 bits per heavy atom. The molecule has 0 aliphatic rings. The molecule has 3 aromatic heterocycles. The monoisotopic (exact) mass is 271 g/mol. The van der Waals surface area contributed by atoms with Gasteiger partial charge >= 0.3 is 0 Å². The fourth-order valence-corrected chi connectivity index (χ4v) is 1.91. The Morgan fingerprint density at radius 2 is 2.15 bits per heavy atom. The van der Waals surface area contributed by atoms with Crippen LogP contribution in [0.5, 0.6) is 0 Å². The molecule has 0 bridgehead atoms. The molecule has 2 N–H and O–H groups in total. The van der Waals surface area contributed by atoms with Crippen LogP contribution in [0.1, 0.15) is 32.3 Å². The fourth-order valence-electron chi connectivity index (χ4n) is 1.91. The van der Waals surface area contributed by atoms with E-state index in [1.807, 2.05) is 10.7 Å². The molecule has 7 heteroatoms. The van der Waals surface area contributed by atoms with Crippen molar-refractivity contribution >= 4 is 11.3 Å². The van der Waals surface area contributed by atoms with Crippen molar-refractivity contribution < 1.29 is 0 Å². The van der Waals surface area contributed by atoms with E-state index in [1.54, 1.807) is 6.20 Å². The van der Waals surface area contributed by atoms with Crippen LogP contribution in [-0.4, -0.2) is 29.8 Å². The second-order valence-electron chi connectivity index (χ2n) is 5.67. The molecule has 104 valence electrons. The molecule has 0 unspecified atom stereocenters. The third-order valence-corrected chi connectivity index (χ3v) is 3.05. The van der Waals surface area contributed by atoms with Gasteiger partial charge in [0.25, 0.3) is 0 Å². The van der Waals surface area contributed by atoms with Crippen LogP contribution in [-0.2, 0) is 12.0 Å². The van der Waals surface area contributed by atoms with E-state index in [1.165, 1.54) is 6.33 Å². The highest BCUT2D eigenvalue weighted by atomic mass is 15.2. The van der Waals surface area contributed by atoms with Crippen LogP contribution in [0.15, 0.2) is 24.8 Å². The van der Waals surface area contributed by atoms with E-state index in [-0.39, 0.29) is 5.41 Å². The average Bonchev–Trinajstić information content (AvgIpc) is 3.04. The number of anilines is 1. The minimum absolute atomic E-state index is 0.00816. The number of fused-ring (bicyclic) bond motifs is 1. The van der Waals surface area contributed by atoms with Crippen molar-refractivity contribution in [1.29, 1.82) is 0 Å². The van der Waals surface area contributed by atoms with Crippen molar-refractivity contribution in [3.8, 4) is 0 Å². The molecule has 7 nitrogen and oxygen atoms in total. The zero-order chi connectivity index (χ0) is 14.2. The molecule has 0 spiro atoms. The Bertz CT molecular complexity index is 706. The maximum absolute atomic E-state index is 4.59. The van der Waals surface area contributed by atoms with Crippen LogP contribution in [0, 0.1) is 0 Å². The van der Waals surface area contributed by atoms with E-state index < -0.39 is 0 Å². The lowest BCUT2D eigenvalue weighted by atomic mass is 9.92. The summed E-state index contributed by atoms with van der Waals surface area (Å²) in [4.78, 5) is 8.44. The second-order valence-corrected chi connectivity index (χ2v) is 5.67. The number of nitrogens with zero attached hydrogens (tertiary/aromatic N) is 5. The molecule has 0 fully saturated rings. The molecular formula is C13H17N7. The Kier molecular flexibility index (Phi) is 2.89. The predicted molar refractivity (Wildman–Crippen MR) is 75.4 cm³/mol. The van der Waals surface area contributed by atoms with Crippen LogP contribution in [0.3, 0.4) is 0 Å². The Morgan fingerprint density at radius 3 is 2.85 bits per heavy atom. The highest BCUT2D eigenvalue weighted by molar-refractivity contribution is 5.68. The molecule has 0 aliphatic heterocycles. The van der Waals surface area contributed by atoms with Crippen LogP contribution >= 0.6 is 0 Å². The zero-order valence-electron chi connectivity index (χ0n) is 11.8. The van der Waals surface area contributed by atoms with E-state index in [4.69, 9.17) is 0 Å². The van der Waals surface area contributed by atoms with Crippen LogP contribution in [0.2, 0.25) is 0 Å². The third kappa shape index (κ3) is 2.34. The summed E-state index contributed by atoms with van der Waals surface area (Å²) in [6.45, 7) is 6.97. The summed E-state index contributed by atoms with van der Waals surface area (Å²) in [5.41, 5.74) is 2.00. The van der Waals surface area contributed by atoms with E-state index >= 15 is 0 Å². The largest absolute Gasteiger partial charge is 0.361 e. The molecule has 3 aromatic rings. The topological polar surface area (TPSA) is 83.8 Å². The Labute approximate surface area is 116 Å². The second kappa shape index (κ2) is 4.59. The first-order valence-corrected chi connectivity index (χ1v) is 6.47. The first-order valence-electron chi connectivity index (χ1n) is 6.47. The number of H-pyrrole nitrogens is 1. The lowest BCUT2D eigenvalue weighted by Gasteiger charge is -2.13. The van der Waals surface area contributed by atoms with Gasteiger partial charge in [0.15, 0.2) is 5.82 Å². The van der Waals surface area contributed by atoms with Gasteiger partial charge in [-0.15, -0.1) is 0 Å². The Balaban J connectivity index is 1.92. The summed E-state index contributed by atoms with van der Waals surface area (Å²) in [7, 11) is 0. The van der Waals surface area contributed by atoms with E-state index in [2.05, 4.69) is 57.4 Å². The minimum atomic E-state index is 0.00816. The highest BCUT2D eigenvalue weighted by Crippen LogP contribution is 2.24. The molecule has 0 saturated carbocycles. The van der Waals surface area contributed by atoms with Crippen molar-refractivity contribution in [3.63, 3.8) is 0 Å². The van der Waals surface area contributed by atoms with Gasteiger partial charge < -0.3 is 5.32 Å². The number of rotatable bonds is 3. The van der Waals surface area contributed by atoms with Gasteiger partial charge in [0.2, 0.25) is 0 Å². The maximum atomic E-state index is 4.59. The molecule has 0 saturated heterocycles. The van der Waals surface area contributed by atoms with E-state index in [0.717, 1.165) is 22.9 Å². The maximum Gasteiger partial charge on any atom is 0.152 e. The van der Waals surface area contributed by atoms with Crippen molar-refractivity contribution in [1.82, 2.24) is 29.8 Å². The highest BCUT2D eigenvalue weighted by Gasteiger charge is 2.19. The van der Waals surface area contributed by atoms with E-state index in [9.17, 15) is 0 Å². The summed E-state index contributed by atoms with van der Waals surface area (Å²) in [5.74, 6) is 1.55. The average molecular weight is 271 g/mol. The first-order chi connectivity index (χ1) is 9.54. The fraction of sp³-hybridized carbons (Fsp3) is 0.385. The summed E-state index contributed by atoms with van der Waals surface area (Å²) in [6.07, 6.45) is 5.07. The predicted octanol–water partition coefficient (Wildman–Crippen LogP) is 1.76. The van der Waals surface area contributed by atoms with Crippen molar-refractivity contribution in [2.45, 2.75) is 32.7 Å². The summed E-state index contributed by atoms with van der Waals surface area (Å²) in [6, 6.07) is 2.07. The Hall–Kier alpha value is -2.44. The molecule has 3 heterocycles. The van der Waals surface area contributed by atoms with Gasteiger partial charge in [0, 0.05) is 17.8 Å². The molecule has 0 atom stereocenters. The molecule has 0 aliphatic carbocycles. The summed E-state index contributed by atoms with van der Waals surface area (Å²) in [5, 5.41) is 14.5. The van der Waals surface area contributed by atoms with Gasteiger partial charge in [-0.2, -0.15) is 10.2 Å². The van der Waals surface area contributed by atoms with Gasteiger partial charge in [-0.05, 0) is 6.07 Å². The number of aromatic amines is 1. The molecular weight excluding hydrogens is 254 g/mol. The molecule has 20 heavy (non-hydrogen) atoms. The lowest BCUT2D eigenvalue weighted by Crippen LogP contribution is -2.11. The van der Waals surface area contributed by atoms with Gasteiger partial charge in [-0.25, -0.2) is 14.5 Å². The third-order valence-electron chi connectivity index (χ3n) is 3.05. The number of nitrogens with one attached hydrogen (secondary N) is 2. The zero-order valence-corrected chi connectivity index (χ0v) is 11.8. The number of aromatic nitrogens is 6. The summed E-state index contributed by atoms with van der Waals surface area (Å²) < 4.78 is 1.84. The smallest absolute Gasteiger partial charge is 0.152 e. The van der Waals surface area contributed by atoms with Crippen LogP contribution in [0.4, 0.5) is 5.82 Å². The molecule has 0 aromatic carbocycles. The van der Waals surface area contributed by atoms with Gasteiger partial charge in [-0.1, -0.05) is 20.8 Å². The first kappa shape index (κ1) is 12.6. The molecule has 0 amide bonds. The number of hydrogen-bond acceptors (Lipinski definition) is 5. The van der Waals surface area contributed by atoms with Gasteiger partial charge in [0.05, 0.1) is 12.2 Å². The van der Waals surface area contributed by atoms with Crippen LogP contribution < -0.4 is 5.32 Å². The SMILES string of the molecule is CC(C)(C)c1cc2c(NCc3ncn[nH]3)nccn2n1. The normalized spacial score (nSPS) is 11.9. The molecule has 0 radical (unpaired) electrons. The van der Waals surface area contributed by atoms with Crippen molar-refractivity contribution in [3.05, 3.63) is 36.3 Å². The minimum Gasteiger partial charge on any atom is -0.361 e. The van der Waals surface area contributed by atoms with Gasteiger partial charge in [0.1, 0.15) is 17.7 Å². The lowest BCUT2D eigenvalue weighted by molar-refractivity contribution is 0.562. The van der Waals surface area contributed by atoms with E-state index in [0.29, 0.717) is 6.54 Å².